The van der Waals surface area contributed by atoms with Crippen molar-refractivity contribution in [3.05, 3.63) is 18.2 Å². The van der Waals surface area contributed by atoms with Crippen LogP contribution in [0.25, 0.3) is 0 Å². The number of piperidine rings is 1. The molecule has 2 rings (SSSR count). The van der Waals surface area contributed by atoms with Crippen LogP contribution < -0.4 is 14.8 Å². The standard InChI is InChI=1S/C16H24N2O3S/c1-18-8-6-13(7-9-18)22-11-16(19)17-12-4-5-14(20-2)15(10-12)21-3/h4-5,10,13H,6-9,11H2,1-3H3,(H,17,19). The second-order valence-electron chi connectivity index (χ2n) is 5.43. The summed E-state index contributed by atoms with van der Waals surface area (Å²) >= 11 is 1.75. The smallest absolute Gasteiger partial charge is 0.234 e. The zero-order chi connectivity index (χ0) is 15.9. The fourth-order valence-electron chi connectivity index (χ4n) is 2.46. The number of amides is 1. The average Bonchev–Trinajstić information content (AvgIpc) is 2.54. The second kappa shape index (κ2) is 8.29. The molecule has 1 aliphatic rings. The van der Waals surface area contributed by atoms with Gasteiger partial charge in [0.1, 0.15) is 0 Å². The molecule has 1 N–H and O–H groups in total. The number of carbonyl (C=O) groups is 1. The van der Waals surface area contributed by atoms with E-state index in [4.69, 9.17) is 9.47 Å². The molecule has 0 radical (unpaired) electrons. The van der Waals surface area contributed by atoms with Crippen LogP contribution >= 0.6 is 11.8 Å². The van der Waals surface area contributed by atoms with E-state index < -0.39 is 0 Å². The van der Waals surface area contributed by atoms with Crippen molar-refractivity contribution in [1.82, 2.24) is 4.90 Å². The minimum Gasteiger partial charge on any atom is -0.493 e. The maximum atomic E-state index is 12.1. The second-order valence-corrected chi connectivity index (χ2v) is 6.72. The van der Waals surface area contributed by atoms with Gasteiger partial charge in [-0.15, -0.1) is 11.8 Å². The molecule has 0 saturated carbocycles. The Balaban J connectivity index is 1.81. The third-order valence-corrected chi connectivity index (χ3v) is 5.15. The predicted octanol–water partition coefficient (Wildman–Crippen LogP) is 2.47. The van der Waals surface area contributed by atoms with Gasteiger partial charge in [-0.2, -0.15) is 0 Å². The summed E-state index contributed by atoms with van der Waals surface area (Å²) in [4.78, 5) is 14.4. The van der Waals surface area contributed by atoms with Crippen molar-refractivity contribution >= 4 is 23.4 Å². The Kier molecular flexibility index (Phi) is 6.39. The Labute approximate surface area is 136 Å². The summed E-state index contributed by atoms with van der Waals surface area (Å²) in [6.07, 6.45) is 2.32. The number of nitrogens with one attached hydrogen (secondary N) is 1. The van der Waals surface area contributed by atoms with Crippen LogP contribution in [0, 0.1) is 0 Å². The molecule has 1 aromatic rings. The third kappa shape index (κ3) is 4.81. The summed E-state index contributed by atoms with van der Waals surface area (Å²) in [5, 5.41) is 3.50. The van der Waals surface area contributed by atoms with Gasteiger partial charge in [0.25, 0.3) is 0 Å². The van der Waals surface area contributed by atoms with Gasteiger partial charge >= 0.3 is 0 Å². The average molecular weight is 324 g/mol. The molecule has 5 nitrogen and oxygen atoms in total. The van der Waals surface area contributed by atoms with E-state index in [1.165, 1.54) is 0 Å². The fraction of sp³-hybridized carbons (Fsp3) is 0.562. The number of nitrogens with zero attached hydrogens (tertiary/aromatic N) is 1. The first-order valence-corrected chi connectivity index (χ1v) is 8.49. The highest BCUT2D eigenvalue weighted by Gasteiger charge is 2.18. The Bertz CT molecular complexity index is 502. The molecule has 1 heterocycles. The lowest BCUT2D eigenvalue weighted by Gasteiger charge is -2.28. The Hall–Kier alpha value is -1.40. The summed E-state index contributed by atoms with van der Waals surface area (Å²) in [6, 6.07) is 5.38. The van der Waals surface area contributed by atoms with Crippen LogP contribution in [0.4, 0.5) is 5.69 Å². The molecule has 0 atom stereocenters. The van der Waals surface area contributed by atoms with Crippen LogP contribution in [0.15, 0.2) is 18.2 Å². The lowest BCUT2D eigenvalue weighted by Crippen LogP contribution is -2.32. The summed E-state index contributed by atoms with van der Waals surface area (Å²) in [6.45, 7) is 2.24. The van der Waals surface area contributed by atoms with Gasteiger partial charge in [-0.3, -0.25) is 4.79 Å². The maximum Gasteiger partial charge on any atom is 0.234 e. The lowest BCUT2D eigenvalue weighted by molar-refractivity contribution is -0.113. The summed E-state index contributed by atoms with van der Waals surface area (Å²) < 4.78 is 10.4. The number of hydrogen-bond acceptors (Lipinski definition) is 5. The van der Waals surface area contributed by atoms with Gasteiger partial charge in [0.2, 0.25) is 5.91 Å². The first-order chi connectivity index (χ1) is 10.6. The number of ether oxygens (including phenoxy) is 2. The quantitative estimate of drug-likeness (QED) is 0.871. The molecule has 122 valence electrons. The molecule has 6 heteroatoms. The minimum atomic E-state index is 0.0242. The zero-order valence-corrected chi connectivity index (χ0v) is 14.2. The van der Waals surface area contributed by atoms with Gasteiger partial charge in [-0.1, -0.05) is 0 Å². The third-order valence-electron chi connectivity index (χ3n) is 3.78. The van der Waals surface area contributed by atoms with Crippen molar-refractivity contribution in [3.8, 4) is 11.5 Å². The molecule has 0 unspecified atom stereocenters. The molecular weight excluding hydrogens is 300 g/mol. The molecule has 1 saturated heterocycles. The normalized spacial score (nSPS) is 16.3. The molecule has 0 spiro atoms. The molecule has 0 aromatic heterocycles. The number of likely N-dealkylation sites (tertiary alicyclic amines) is 1. The van der Waals surface area contributed by atoms with Gasteiger partial charge in [-0.05, 0) is 45.1 Å². The van der Waals surface area contributed by atoms with Crippen molar-refractivity contribution in [2.75, 3.05) is 45.4 Å². The number of anilines is 1. The minimum absolute atomic E-state index is 0.0242. The summed E-state index contributed by atoms with van der Waals surface area (Å²) in [7, 11) is 5.32. The van der Waals surface area contributed by atoms with Crippen LogP contribution in [0.1, 0.15) is 12.8 Å². The number of methoxy groups -OCH3 is 2. The highest BCUT2D eigenvalue weighted by atomic mass is 32.2. The Morgan fingerprint density at radius 1 is 1.27 bits per heavy atom. The molecule has 22 heavy (non-hydrogen) atoms. The van der Waals surface area contributed by atoms with Crippen molar-refractivity contribution < 1.29 is 14.3 Å². The van der Waals surface area contributed by atoms with Crippen molar-refractivity contribution in [1.29, 1.82) is 0 Å². The van der Waals surface area contributed by atoms with Gasteiger partial charge in [0, 0.05) is 17.0 Å². The molecule has 1 aromatic carbocycles. The van der Waals surface area contributed by atoms with Crippen LogP contribution in [0.5, 0.6) is 11.5 Å². The van der Waals surface area contributed by atoms with E-state index in [0.717, 1.165) is 31.6 Å². The van der Waals surface area contributed by atoms with Gasteiger partial charge < -0.3 is 19.7 Å². The highest BCUT2D eigenvalue weighted by molar-refractivity contribution is 8.00. The van der Waals surface area contributed by atoms with E-state index in [1.54, 1.807) is 38.1 Å². The molecule has 0 aliphatic carbocycles. The van der Waals surface area contributed by atoms with Gasteiger partial charge in [0.05, 0.1) is 20.0 Å². The van der Waals surface area contributed by atoms with E-state index in [2.05, 4.69) is 17.3 Å². The van der Waals surface area contributed by atoms with Crippen molar-refractivity contribution in [3.63, 3.8) is 0 Å². The lowest BCUT2D eigenvalue weighted by atomic mass is 10.1. The van der Waals surface area contributed by atoms with Crippen molar-refractivity contribution in [2.24, 2.45) is 0 Å². The first-order valence-electron chi connectivity index (χ1n) is 7.44. The number of carbonyl (C=O) groups excluding carboxylic acids is 1. The Morgan fingerprint density at radius 3 is 2.59 bits per heavy atom. The molecule has 0 bridgehead atoms. The van der Waals surface area contributed by atoms with Crippen LogP contribution in [-0.4, -0.2) is 56.2 Å². The molecule has 1 fully saturated rings. The number of hydrogen-bond donors (Lipinski definition) is 1. The van der Waals surface area contributed by atoms with Gasteiger partial charge in [0.15, 0.2) is 11.5 Å². The summed E-state index contributed by atoms with van der Waals surface area (Å²) in [5.74, 6) is 1.78. The van der Waals surface area contributed by atoms with E-state index in [-0.39, 0.29) is 5.91 Å². The van der Waals surface area contributed by atoms with Crippen LogP contribution in [0.2, 0.25) is 0 Å². The van der Waals surface area contributed by atoms with E-state index >= 15 is 0 Å². The zero-order valence-electron chi connectivity index (χ0n) is 13.4. The SMILES string of the molecule is COc1ccc(NC(=O)CSC2CCN(C)CC2)cc1OC. The fourth-order valence-corrected chi connectivity index (χ4v) is 3.46. The monoisotopic (exact) mass is 324 g/mol. The van der Waals surface area contributed by atoms with Crippen LogP contribution in [0.3, 0.4) is 0 Å². The highest BCUT2D eigenvalue weighted by Crippen LogP contribution is 2.30. The predicted molar refractivity (Wildman–Crippen MR) is 91.2 cm³/mol. The largest absolute Gasteiger partial charge is 0.493 e. The van der Waals surface area contributed by atoms with Gasteiger partial charge in [-0.25, -0.2) is 0 Å². The first kappa shape index (κ1) is 17.0. The van der Waals surface area contributed by atoms with E-state index in [0.29, 0.717) is 22.5 Å². The van der Waals surface area contributed by atoms with E-state index in [9.17, 15) is 4.79 Å². The number of benzene rings is 1. The van der Waals surface area contributed by atoms with E-state index in [1.807, 2.05) is 6.07 Å². The summed E-state index contributed by atoms with van der Waals surface area (Å²) in [5.41, 5.74) is 0.728. The number of rotatable bonds is 6. The Morgan fingerprint density at radius 2 is 1.95 bits per heavy atom. The topological polar surface area (TPSA) is 50.8 Å². The molecule has 1 aliphatic heterocycles. The molecular formula is C16H24N2O3S. The maximum absolute atomic E-state index is 12.1. The van der Waals surface area contributed by atoms with Crippen molar-refractivity contribution in [2.45, 2.75) is 18.1 Å². The van der Waals surface area contributed by atoms with Crippen LogP contribution in [-0.2, 0) is 4.79 Å². The molecule has 1 amide bonds. The number of thioether (sulfide) groups is 1.